The number of unbranched alkanes of at least 4 members (excludes halogenated alkanes) is 1. The Bertz CT molecular complexity index is 263. The number of rotatable bonds is 10. The number of ether oxygens (including phenoxy) is 1. The molecule has 0 aromatic heterocycles. The van der Waals surface area contributed by atoms with Gasteiger partial charge in [0.2, 0.25) is 5.91 Å². The van der Waals surface area contributed by atoms with Crippen molar-refractivity contribution in [2.24, 2.45) is 5.92 Å². The number of nitrogens with one attached hydrogen (secondary N) is 2. The molecule has 0 aliphatic carbocycles. The third-order valence-corrected chi connectivity index (χ3v) is 3.87. The number of halogens is 2. The summed E-state index contributed by atoms with van der Waals surface area (Å²) in [4.78, 5) is 14.0. The van der Waals surface area contributed by atoms with Gasteiger partial charge in [-0.2, -0.15) is 0 Å². The van der Waals surface area contributed by atoms with Gasteiger partial charge in [0.1, 0.15) is 0 Å². The van der Waals surface area contributed by atoms with Crippen molar-refractivity contribution >= 4 is 30.7 Å². The van der Waals surface area contributed by atoms with Crippen molar-refractivity contribution in [1.82, 2.24) is 15.5 Å². The fourth-order valence-electron chi connectivity index (χ4n) is 2.41. The van der Waals surface area contributed by atoms with Gasteiger partial charge in [0, 0.05) is 20.2 Å². The maximum absolute atomic E-state index is 11.5. The highest BCUT2D eigenvalue weighted by Gasteiger charge is 2.14. The van der Waals surface area contributed by atoms with Gasteiger partial charge in [0.25, 0.3) is 0 Å². The topological polar surface area (TPSA) is 53.6 Å². The third-order valence-electron chi connectivity index (χ3n) is 3.87. The molecule has 0 unspecified atom stereocenters. The Morgan fingerprint density at radius 1 is 1.18 bits per heavy atom. The third kappa shape index (κ3) is 12.5. The summed E-state index contributed by atoms with van der Waals surface area (Å²) < 4.78 is 4.90. The van der Waals surface area contributed by atoms with Crippen LogP contribution in [-0.4, -0.2) is 63.8 Å². The van der Waals surface area contributed by atoms with Crippen molar-refractivity contribution in [3.8, 4) is 0 Å². The minimum atomic E-state index is 0. The van der Waals surface area contributed by atoms with Gasteiger partial charge in [-0.1, -0.05) is 6.92 Å². The molecule has 134 valence electrons. The molecule has 2 N–H and O–H groups in total. The Morgan fingerprint density at radius 2 is 1.86 bits per heavy atom. The first-order chi connectivity index (χ1) is 9.72. The largest absolute Gasteiger partial charge is 0.383 e. The first-order valence-electron chi connectivity index (χ1n) is 7.91. The molecule has 1 heterocycles. The predicted octanol–water partition coefficient (Wildman–Crippen LogP) is 1.69. The lowest BCUT2D eigenvalue weighted by Gasteiger charge is -2.30. The molecule has 1 saturated heterocycles. The van der Waals surface area contributed by atoms with Crippen LogP contribution in [0.1, 0.15) is 32.6 Å². The molecule has 1 aliphatic rings. The van der Waals surface area contributed by atoms with E-state index in [2.05, 4.69) is 22.5 Å². The molecule has 1 fully saturated rings. The zero-order valence-corrected chi connectivity index (χ0v) is 15.6. The van der Waals surface area contributed by atoms with Crippen molar-refractivity contribution in [3.63, 3.8) is 0 Å². The molecule has 0 radical (unpaired) electrons. The van der Waals surface area contributed by atoms with Gasteiger partial charge in [-0.25, -0.2) is 0 Å². The maximum atomic E-state index is 11.5. The predicted molar refractivity (Wildman–Crippen MR) is 96.3 cm³/mol. The van der Waals surface area contributed by atoms with E-state index in [0.29, 0.717) is 13.2 Å². The van der Waals surface area contributed by atoms with Crippen LogP contribution in [0.25, 0.3) is 0 Å². The van der Waals surface area contributed by atoms with E-state index < -0.39 is 0 Å². The van der Waals surface area contributed by atoms with Gasteiger partial charge in [0.15, 0.2) is 0 Å². The van der Waals surface area contributed by atoms with Crippen molar-refractivity contribution in [1.29, 1.82) is 0 Å². The number of hydrogen-bond donors (Lipinski definition) is 2. The molecule has 1 aliphatic heterocycles. The summed E-state index contributed by atoms with van der Waals surface area (Å²) in [5.74, 6) is 0.976. The Morgan fingerprint density at radius 3 is 2.50 bits per heavy atom. The second-order valence-electron chi connectivity index (χ2n) is 5.75. The van der Waals surface area contributed by atoms with Crippen LogP contribution in [-0.2, 0) is 9.53 Å². The number of hydrogen-bond acceptors (Lipinski definition) is 4. The van der Waals surface area contributed by atoms with Crippen LogP contribution in [0.5, 0.6) is 0 Å². The van der Waals surface area contributed by atoms with Crippen LogP contribution in [0, 0.1) is 5.92 Å². The number of likely N-dealkylation sites (tertiary alicyclic amines) is 1. The molecule has 0 bridgehead atoms. The highest BCUT2D eigenvalue weighted by Crippen LogP contribution is 2.15. The lowest BCUT2D eigenvalue weighted by Crippen LogP contribution is -2.36. The van der Waals surface area contributed by atoms with Crippen molar-refractivity contribution in [2.75, 3.05) is 53.0 Å². The van der Waals surface area contributed by atoms with Gasteiger partial charge in [-0.05, 0) is 51.2 Å². The molecule has 7 heteroatoms. The van der Waals surface area contributed by atoms with E-state index in [4.69, 9.17) is 4.74 Å². The lowest BCUT2D eigenvalue weighted by atomic mass is 9.99. The van der Waals surface area contributed by atoms with E-state index in [0.717, 1.165) is 25.4 Å². The molecule has 0 atom stereocenters. The zero-order valence-electron chi connectivity index (χ0n) is 13.9. The number of carbonyl (C=O) groups excluding carboxylic acids is 1. The minimum absolute atomic E-state index is 0. The van der Waals surface area contributed by atoms with E-state index in [1.54, 1.807) is 7.11 Å². The Kier molecular flexibility index (Phi) is 17.4. The van der Waals surface area contributed by atoms with Crippen LogP contribution in [0.4, 0.5) is 0 Å². The summed E-state index contributed by atoms with van der Waals surface area (Å²) in [7, 11) is 1.66. The van der Waals surface area contributed by atoms with Gasteiger partial charge in [-0.15, -0.1) is 24.8 Å². The summed E-state index contributed by atoms with van der Waals surface area (Å²) >= 11 is 0. The van der Waals surface area contributed by atoms with E-state index in [-0.39, 0.29) is 30.7 Å². The standard InChI is InChI=1S/C15H31N3O2.2ClH/c1-14-5-10-18(11-6-14)9-4-3-7-17-15(19)13-16-8-12-20-2;;/h14,16H,3-13H2,1-2H3,(H,17,19);2*1H. The summed E-state index contributed by atoms with van der Waals surface area (Å²) in [6.45, 7) is 8.54. The Balaban J connectivity index is 0. The fraction of sp³-hybridized carbons (Fsp3) is 0.933. The number of piperidine rings is 1. The molecular weight excluding hydrogens is 325 g/mol. The molecule has 0 spiro atoms. The second-order valence-corrected chi connectivity index (χ2v) is 5.75. The Labute approximate surface area is 147 Å². The van der Waals surface area contributed by atoms with Crippen LogP contribution < -0.4 is 10.6 Å². The van der Waals surface area contributed by atoms with E-state index in [9.17, 15) is 4.79 Å². The van der Waals surface area contributed by atoms with Gasteiger partial charge < -0.3 is 20.3 Å². The first-order valence-corrected chi connectivity index (χ1v) is 7.91. The SMILES string of the molecule is COCCNCC(=O)NCCCCN1CCC(C)CC1.Cl.Cl. The monoisotopic (exact) mass is 357 g/mol. The number of methoxy groups -OCH3 is 1. The summed E-state index contributed by atoms with van der Waals surface area (Å²) in [6.07, 6.45) is 4.91. The quantitative estimate of drug-likeness (QED) is 0.584. The molecule has 0 aromatic carbocycles. The van der Waals surface area contributed by atoms with Gasteiger partial charge in [-0.3, -0.25) is 4.79 Å². The normalized spacial score (nSPS) is 15.7. The average molecular weight is 358 g/mol. The molecule has 0 aromatic rings. The minimum Gasteiger partial charge on any atom is -0.383 e. The van der Waals surface area contributed by atoms with Crippen LogP contribution >= 0.6 is 24.8 Å². The zero-order chi connectivity index (χ0) is 14.6. The molecule has 22 heavy (non-hydrogen) atoms. The fourth-order valence-corrected chi connectivity index (χ4v) is 2.41. The molecule has 0 saturated carbocycles. The lowest BCUT2D eigenvalue weighted by molar-refractivity contribution is -0.120. The molecule has 1 rings (SSSR count). The molecule has 1 amide bonds. The number of amides is 1. The van der Waals surface area contributed by atoms with E-state index >= 15 is 0 Å². The van der Waals surface area contributed by atoms with E-state index in [1.807, 2.05) is 0 Å². The summed E-state index contributed by atoms with van der Waals surface area (Å²) in [6, 6.07) is 0. The first kappa shape index (κ1) is 24.2. The highest BCUT2D eigenvalue weighted by atomic mass is 35.5. The van der Waals surface area contributed by atoms with Crippen LogP contribution in [0.3, 0.4) is 0 Å². The number of carbonyl (C=O) groups is 1. The number of nitrogens with zero attached hydrogens (tertiary/aromatic N) is 1. The van der Waals surface area contributed by atoms with Gasteiger partial charge in [0.05, 0.1) is 13.2 Å². The van der Waals surface area contributed by atoms with Crippen LogP contribution in [0.15, 0.2) is 0 Å². The van der Waals surface area contributed by atoms with Crippen molar-refractivity contribution in [3.05, 3.63) is 0 Å². The maximum Gasteiger partial charge on any atom is 0.233 e. The second kappa shape index (κ2) is 15.8. The molecule has 5 nitrogen and oxygen atoms in total. The average Bonchev–Trinajstić information content (AvgIpc) is 2.45. The Hall–Kier alpha value is -0.0700. The highest BCUT2D eigenvalue weighted by molar-refractivity contribution is 5.85. The smallest absolute Gasteiger partial charge is 0.233 e. The van der Waals surface area contributed by atoms with Crippen LogP contribution in [0.2, 0.25) is 0 Å². The summed E-state index contributed by atoms with van der Waals surface area (Å²) in [5.41, 5.74) is 0. The van der Waals surface area contributed by atoms with Crippen molar-refractivity contribution < 1.29 is 9.53 Å². The van der Waals surface area contributed by atoms with Gasteiger partial charge >= 0.3 is 0 Å². The van der Waals surface area contributed by atoms with Crippen molar-refractivity contribution in [2.45, 2.75) is 32.6 Å². The molecular formula is C15H33Cl2N3O2. The summed E-state index contributed by atoms with van der Waals surface area (Å²) in [5, 5.41) is 5.98. The van der Waals surface area contributed by atoms with E-state index in [1.165, 1.54) is 38.9 Å².